The Morgan fingerprint density at radius 1 is 1.03 bits per heavy atom. The minimum Gasteiger partial charge on any atom is -0.478 e. The fraction of sp³-hybridized carbons (Fsp3) is 0.192. The number of hydrogen-bond acceptors (Lipinski definition) is 5. The topological polar surface area (TPSA) is 55.3 Å². The molecule has 0 saturated carbocycles. The number of nitrogens with zero attached hydrogens (tertiary/aromatic N) is 3. The Kier molecular flexibility index (Phi) is 5.69. The smallest absolute Gasteiger partial charge is 0.268 e. The third kappa shape index (κ3) is 4.01. The van der Waals surface area contributed by atoms with Crippen molar-refractivity contribution in [3.8, 4) is 27.7 Å². The first-order valence-corrected chi connectivity index (χ1v) is 11.6. The van der Waals surface area contributed by atoms with E-state index in [0.717, 1.165) is 39.8 Å². The van der Waals surface area contributed by atoms with Crippen LogP contribution in [0.5, 0.6) is 5.75 Å². The quantitative estimate of drug-likeness (QED) is 0.390. The summed E-state index contributed by atoms with van der Waals surface area (Å²) in [6, 6.07) is 22.0. The number of hydrogen-bond donors (Lipinski definition) is 0. The molecular weight excluding hydrogens is 418 g/mol. The second kappa shape index (κ2) is 8.93. The molecule has 5 rings (SSSR count). The van der Waals surface area contributed by atoms with E-state index in [4.69, 9.17) is 9.72 Å². The number of rotatable bonds is 6. The normalized spacial score (nSPS) is 15.3. The first kappa shape index (κ1) is 20.4. The molecule has 0 fully saturated rings. The maximum Gasteiger partial charge on any atom is 0.268 e. The van der Waals surface area contributed by atoms with E-state index in [1.807, 2.05) is 71.8 Å². The summed E-state index contributed by atoms with van der Waals surface area (Å²) in [7, 11) is 0. The monoisotopic (exact) mass is 441 g/mol. The van der Waals surface area contributed by atoms with Gasteiger partial charge in [-0.1, -0.05) is 43.3 Å². The molecule has 1 aliphatic rings. The van der Waals surface area contributed by atoms with E-state index in [1.165, 1.54) is 5.56 Å². The second-order valence-corrected chi connectivity index (χ2v) is 8.53. The van der Waals surface area contributed by atoms with Crippen molar-refractivity contribution in [2.75, 3.05) is 11.4 Å². The van der Waals surface area contributed by atoms with Gasteiger partial charge in [-0.25, -0.2) is 4.98 Å². The molecule has 32 heavy (non-hydrogen) atoms. The molecule has 2 aromatic heterocycles. The first-order chi connectivity index (χ1) is 15.7. The molecule has 0 bridgehead atoms. The zero-order valence-electron chi connectivity index (χ0n) is 17.8. The summed E-state index contributed by atoms with van der Waals surface area (Å²) in [4.78, 5) is 24.2. The van der Waals surface area contributed by atoms with Crippen LogP contribution in [0.3, 0.4) is 0 Å². The van der Waals surface area contributed by atoms with Crippen LogP contribution in [0.2, 0.25) is 0 Å². The highest BCUT2D eigenvalue weighted by atomic mass is 32.1. The SMILES string of the molecule is CCC1Oc2ccc(-c3csc(-c4ccccn4)n3)cc2N(CCc2ccccc2)C1=O. The summed E-state index contributed by atoms with van der Waals surface area (Å²) in [5.74, 6) is 0.758. The van der Waals surface area contributed by atoms with E-state index in [0.29, 0.717) is 13.0 Å². The van der Waals surface area contributed by atoms with Gasteiger partial charge in [0.2, 0.25) is 0 Å². The van der Waals surface area contributed by atoms with E-state index in [-0.39, 0.29) is 5.91 Å². The minimum atomic E-state index is -0.445. The molecular formula is C26H23N3O2S. The van der Waals surface area contributed by atoms with Gasteiger partial charge in [0, 0.05) is 23.7 Å². The fourth-order valence-electron chi connectivity index (χ4n) is 3.87. The molecule has 4 aromatic rings. The molecule has 6 heteroatoms. The highest BCUT2D eigenvalue weighted by Gasteiger charge is 2.33. The van der Waals surface area contributed by atoms with Gasteiger partial charge in [0.25, 0.3) is 5.91 Å². The lowest BCUT2D eigenvalue weighted by Gasteiger charge is -2.34. The predicted octanol–water partition coefficient (Wildman–Crippen LogP) is 5.62. The number of carbonyl (C=O) groups excluding carboxylic acids is 1. The van der Waals surface area contributed by atoms with Crippen molar-refractivity contribution in [3.63, 3.8) is 0 Å². The van der Waals surface area contributed by atoms with Gasteiger partial charge in [-0.2, -0.15) is 0 Å². The van der Waals surface area contributed by atoms with Crippen LogP contribution >= 0.6 is 11.3 Å². The second-order valence-electron chi connectivity index (χ2n) is 7.68. The predicted molar refractivity (Wildman–Crippen MR) is 128 cm³/mol. The molecule has 2 aromatic carbocycles. The number of thiazole rings is 1. The highest BCUT2D eigenvalue weighted by Crippen LogP contribution is 2.39. The third-order valence-electron chi connectivity index (χ3n) is 5.58. The average Bonchev–Trinajstić information content (AvgIpc) is 3.34. The highest BCUT2D eigenvalue weighted by molar-refractivity contribution is 7.13. The number of anilines is 1. The molecule has 0 saturated heterocycles. The van der Waals surface area contributed by atoms with Crippen molar-refractivity contribution >= 4 is 22.9 Å². The van der Waals surface area contributed by atoms with Crippen LogP contribution in [0.15, 0.2) is 78.3 Å². The number of carbonyl (C=O) groups is 1. The van der Waals surface area contributed by atoms with Gasteiger partial charge in [-0.15, -0.1) is 11.3 Å². The van der Waals surface area contributed by atoms with E-state index in [2.05, 4.69) is 17.1 Å². The molecule has 1 aliphatic heterocycles. The first-order valence-electron chi connectivity index (χ1n) is 10.8. The molecule has 160 valence electrons. The van der Waals surface area contributed by atoms with Gasteiger partial charge >= 0.3 is 0 Å². The van der Waals surface area contributed by atoms with Crippen molar-refractivity contribution in [1.82, 2.24) is 9.97 Å². The van der Waals surface area contributed by atoms with Crippen LogP contribution in [0.4, 0.5) is 5.69 Å². The van der Waals surface area contributed by atoms with Gasteiger partial charge in [0.1, 0.15) is 10.8 Å². The van der Waals surface area contributed by atoms with Crippen molar-refractivity contribution in [1.29, 1.82) is 0 Å². The Morgan fingerprint density at radius 2 is 1.88 bits per heavy atom. The molecule has 1 atom stereocenters. The Bertz CT molecular complexity index is 1220. The van der Waals surface area contributed by atoms with Crippen LogP contribution in [-0.4, -0.2) is 28.5 Å². The van der Waals surface area contributed by atoms with Gasteiger partial charge in [-0.05, 0) is 48.7 Å². The van der Waals surface area contributed by atoms with Gasteiger partial charge in [-0.3, -0.25) is 9.78 Å². The summed E-state index contributed by atoms with van der Waals surface area (Å²) in [5.41, 5.74) is 4.69. The summed E-state index contributed by atoms with van der Waals surface area (Å²) in [5, 5.41) is 2.90. The van der Waals surface area contributed by atoms with E-state index in [9.17, 15) is 4.79 Å². The Balaban J connectivity index is 1.47. The number of pyridine rings is 1. The molecule has 0 N–H and O–H groups in total. The third-order valence-corrected chi connectivity index (χ3v) is 6.45. The van der Waals surface area contributed by atoms with E-state index < -0.39 is 6.10 Å². The van der Waals surface area contributed by atoms with Crippen LogP contribution in [0.25, 0.3) is 22.0 Å². The van der Waals surface area contributed by atoms with Crippen LogP contribution in [0, 0.1) is 0 Å². The maximum atomic E-state index is 13.2. The Morgan fingerprint density at radius 3 is 2.66 bits per heavy atom. The van der Waals surface area contributed by atoms with Crippen molar-refractivity contribution < 1.29 is 9.53 Å². The zero-order chi connectivity index (χ0) is 21.9. The van der Waals surface area contributed by atoms with E-state index in [1.54, 1.807) is 17.5 Å². The van der Waals surface area contributed by atoms with Crippen LogP contribution in [-0.2, 0) is 11.2 Å². The summed E-state index contributed by atoms with van der Waals surface area (Å²) < 4.78 is 6.02. The number of benzene rings is 2. The number of ether oxygens (including phenoxy) is 1. The fourth-order valence-corrected chi connectivity index (χ4v) is 4.68. The summed E-state index contributed by atoms with van der Waals surface area (Å²) in [6.45, 7) is 2.58. The molecule has 1 amide bonds. The van der Waals surface area contributed by atoms with Gasteiger partial charge in [0.15, 0.2) is 6.10 Å². The largest absolute Gasteiger partial charge is 0.478 e. The minimum absolute atomic E-state index is 0.0144. The average molecular weight is 442 g/mol. The van der Waals surface area contributed by atoms with E-state index >= 15 is 0 Å². The van der Waals surface area contributed by atoms with Crippen LogP contribution in [0.1, 0.15) is 18.9 Å². The molecule has 3 heterocycles. The summed E-state index contributed by atoms with van der Waals surface area (Å²) in [6.07, 6.45) is 2.75. The van der Waals surface area contributed by atoms with Gasteiger partial charge in [0.05, 0.1) is 17.1 Å². The number of fused-ring (bicyclic) bond motifs is 1. The van der Waals surface area contributed by atoms with Crippen molar-refractivity contribution in [2.24, 2.45) is 0 Å². The molecule has 0 aliphatic carbocycles. The number of aromatic nitrogens is 2. The lowest BCUT2D eigenvalue weighted by Crippen LogP contribution is -2.46. The van der Waals surface area contributed by atoms with Crippen molar-refractivity contribution in [2.45, 2.75) is 25.9 Å². The lowest BCUT2D eigenvalue weighted by molar-refractivity contribution is -0.126. The zero-order valence-corrected chi connectivity index (χ0v) is 18.6. The van der Waals surface area contributed by atoms with Crippen LogP contribution < -0.4 is 9.64 Å². The van der Waals surface area contributed by atoms with Gasteiger partial charge < -0.3 is 9.64 Å². The standard InChI is InChI=1S/C26H23N3O2S/c1-2-23-26(30)29(15-13-18-8-4-3-5-9-18)22-16-19(11-12-24(22)31-23)21-17-32-25(28-21)20-10-6-7-14-27-20/h3-12,14,16-17,23H,2,13,15H2,1H3. The Labute approximate surface area is 191 Å². The molecule has 1 unspecified atom stereocenters. The molecule has 5 nitrogen and oxygen atoms in total. The van der Waals surface area contributed by atoms with Crippen molar-refractivity contribution in [3.05, 3.63) is 83.9 Å². The lowest BCUT2D eigenvalue weighted by atomic mass is 10.1. The molecule has 0 radical (unpaired) electrons. The Hall–Kier alpha value is -3.51. The molecule has 0 spiro atoms. The maximum absolute atomic E-state index is 13.2. The summed E-state index contributed by atoms with van der Waals surface area (Å²) >= 11 is 1.56. The number of amides is 1.